The number of benzene rings is 1. The highest BCUT2D eigenvalue weighted by Crippen LogP contribution is 2.20. The number of carbonyl (C=O) groups is 1. The van der Waals surface area contributed by atoms with Gasteiger partial charge in [-0.1, -0.05) is 6.92 Å². The fourth-order valence-corrected chi connectivity index (χ4v) is 2.16. The Balaban J connectivity index is 1.95. The summed E-state index contributed by atoms with van der Waals surface area (Å²) in [5.74, 6) is -0.0000752. The van der Waals surface area contributed by atoms with Crippen LogP contribution in [-0.2, 0) is 0 Å². The Morgan fingerprint density at radius 2 is 2.11 bits per heavy atom. The molecule has 0 unspecified atom stereocenters. The van der Waals surface area contributed by atoms with Gasteiger partial charge in [-0.2, -0.15) is 5.10 Å². The molecule has 1 aliphatic rings. The Bertz CT molecular complexity index is 453. The van der Waals surface area contributed by atoms with Gasteiger partial charge in [0.05, 0.1) is 0 Å². The van der Waals surface area contributed by atoms with Gasteiger partial charge in [0.25, 0.3) is 5.91 Å². The van der Waals surface area contributed by atoms with E-state index >= 15 is 0 Å². The molecule has 4 heteroatoms. The zero-order chi connectivity index (χ0) is 13.0. The second-order valence-corrected chi connectivity index (χ2v) is 4.83. The van der Waals surface area contributed by atoms with Crippen LogP contribution < -0.4 is 5.43 Å². The third kappa shape index (κ3) is 3.39. The Hall–Kier alpha value is -1.71. The summed E-state index contributed by atoms with van der Waals surface area (Å²) in [5.41, 5.74) is 4.00. The van der Waals surface area contributed by atoms with Gasteiger partial charge in [-0.15, -0.1) is 0 Å². The van der Waals surface area contributed by atoms with Gasteiger partial charge in [0.1, 0.15) is 5.82 Å². The van der Waals surface area contributed by atoms with E-state index in [-0.39, 0.29) is 11.7 Å². The number of hydrazone groups is 1. The van der Waals surface area contributed by atoms with E-state index in [1.165, 1.54) is 30.7 Å². The molecule has 18 heavy (non-hydrogen) atoms. The largest absolute Gasteiger partial charge is 0.271 e. The number of nitrogens with one attached hydrogen (secondary N) is 1. The molecule has 1 saturated carbocycles. The Kier molecular flexibility index (Phi) is 4.07. The number of carbonyl (C=O) groups excluding carboxylic acids is 1. The number of rotatable bonds is 2. The molecule has 1 fully saturated rings. The van der Waals surface area contributed by atoms with Crippen LogP contribution in [-0.4, -0.2) is 11.6 Å². The molecule has 1 aliphatic carbocycles. The standard InChI is InChI=1S/C14H17FN2O/c1-10-3-2-4-13(9-10)16-17-14(18)11-5-7-12(15)8-6-11/h5-8,10H,2-4,9H2,1H3,(H,17,18)/b16-13-/t10-/m0/s1. The van der Waals surface area contributed by atoms with E-state index < -0.39 is 0 Å². The second-order valence-electron chi connectivity index (χ2n) is 4.83. The zero-order valence-electron chi connectivity index (χ0n) is 10.4. The van der Waals surface area contributed by atoms with Crippen LogP contribution in [0.5, 0.6) is 0 Å². The summed E-state index contributed by atoms with van der Waals surface area (Å²) >= 11 is 0. The zero-order valence-corrected chi connectivity index (χ0v) is 10.4. The predicted molar refractivity (Wildman–Crippen MR) is 68.9 cm³/mol. The first-order valence-corrected chi connectivity index (χ1v) is 6.26. The number of amides is 1. The summed E-state index contributed by atoms with van der Waals surface area (Å²) < 4.78 is 12.7. The molecule has 1 amide bonds. The first kappa shape index (κ1) is 12.7. The van der Waals surface area contributed by atoms with Crippen LogP contribution in [0.1, 0.15) is 43.0 Å². The summed E-state index contributed by atoms with van der Waals surface area (Å²) in [7, 11) is 0. The van der Waals surface area contributed by atoms with Crippen molar-refractivity contribution in [3.05, 3.63) is 35.6 Å². The van der Waals surface area contributed by atoms with Crippen molar-refractivity contribution in [2.75, 3.05) is 0 Å². The molecule has 1 aromatic rings. The van der Waals surface area contributed by atoms with E-state index in [9.17, 15) is 9.18 Å². The molecule has 2 rings (SSSR count). The van der Waals surface area contributed by atoms with Crippen molar-refractivity contribution in [1.82, 2.24) is 5.43 Å². The normalized spacial score (nSPS) is 21.9. The Labute approximate surface area is 106 Å². The van der Waals surface area contributed by atoms with Crippen molar-refractivity contribution in [1.29, 1.82) is 0 Å². The molecular weight excluding hydrogens is 231 g/mol. The van der Waals surface area contributed by atoms with Gasteiger partial charge in [0, 0.05) is 11.3 Å². The predicted octanol–water partition coefficient (Wildman–Crippen LogP) is 3.12. The summed E-state index contributed by atoms with van der Waals surface area (Å²) in [6, 6.07) is 5.44. The molecule has 1 N–H and O–H groups in total. The molecule has 0 aromatic heterocycles. The van der Waals surface area contributed by atoms with E-state index in [1.807, 2.05) is 0 Å². The van der Waals surface area contributed by atoms with Crippen molar-refractivity contribution in [3.63, 3.8) is 0 Å². The van der Waals surface area contributed by atoms with Gasteiger partial charge in [-0.05, 0) is 55.9 Å². The lowest BCUT2D eigenvalue weighted by Gasteiger charge is -2.18. The maximum absolute atomic E-state index is 12.7. The van der Waals surface area contributed by atoms with Gasteiger partial charge in [-0.3, -0.25) is 4.79 Å². The highest BCUT2D eigenvalue weighted by atomic mass is 19.1. The van der Waals surface area contributed by atoms with Gasteiger partial charge in [0.15, 0.2) is 0 Å². The highest BCUT2D eigenvalue weighted by Gasteiger charge is 2.14. The minimum Gasteiger partial charge on any atom is -0.267 e. The SMILES string of the molecule is C[C@H]1CCC/C(=N/NC(=O)c2ccc(F)cc2)C1. The average Bonchev–Trinajstić information content (AvgIpc) is 2.37. The van der Waals surface area contributed by atoms with Crippen LogP contribution in [0.4, 0.5) is 4.39 Å². The Morgan fingerprint density at radius 1 is 1.39 bits per heavy atom. The second kappa shape index (κ2) is 5.76. The van der Waals surface area contributed by atoms with E-state index in [2.05, 4.69) is 17.5 Å². The lowest BCUT2D eigenvalue weighted by Crippen LogP contribution is -2.22. The van der Waals surface area contributed by atoms with Crippen molar-refractivity contribution in [2.24, 2.45) is 11.0 Å². The summed E-state index contributed by atoms with van der Waals surface area (Å²) in [6.07, 6.45) is 4.26. The number of nitrogens with zero attached hydrogens (tertiary/aromatic N) is 1. The van der Waals surface area contributed by atoms with Crippen molar-refractivity contribution < 1.29 is 9.18 Å². The van der Waals surface area contributed by atoms with Crippen molar-refractivity contribution >= 4 is 11.6 Å². The van der Waals surface area contributed by atoms with Gasteiger partial charge < -0.3 is 0 Å². The van der Waals surface area contributed by atoms with Crippen molar-refractivity contribution in [2.45, 2.75) is 32.6 Å². The fraction of sp³-hybridized carbons (Fsp3) is 0.429. The van der Waals surface area contributed by atoms with E-state index in [0.717, 1.165) is 25.0 Å². The molecule has 0 bridgehead atoms. The summed E-state index contributed by atoms with van der Waals surface area (Å²) in [4.78, 5) is 11.7. The first-order valence-electron chi connectivity index (χ1n) is 6.26. The van der Waals surface area contributed by atoms with Crippen LogP contribution in [0, 0.1) is 11.7 Å². The molecule has 0 radical (unpaired) electrons. The lowest BCUT2D eigenvalue weighted by molar-refractivity contribution is 0.0954. The maximum Gasteiger partial charge on any atom is 0.271 e. The van der Waals surface area contributed by atoms with E-state index in [4.69, 9.17) is 0 Å². The quantitative estimate of drug-likeness (QED) is 0.803. The number of hydrogen-bond acceptors (Lipinski definition) is 2. The fourth-order valence-electron chi connectivity index (χ4n) is 2.16. The summed E-state index contributed by atoms with van der Waals surface area (Å²) in [5, 5.41) is 4.16. The molecule has 1 aromatic carbocycles. The molecule has 3 nitrogen and oxygen atoms in total. The molecule has 1 atom stereocenters. The molecular formula is C14H17FN2O. The third-order valence-electron chi connectivity index (χ3n) is 3.17. The molecule has 0 heterocycles. The van der Waals surface area contributed by atoms with E-state index in [1.54, 1.807) is 0 Å². The molecule has 0 saturated heterocycles. The minimum atomic E-state index is -0.348. The van der Waals surface area contributed by atoms with Crippen LogP contribution in [0.25, 0.3) is 0 Å². The van der Waals surface area contributed by atoms with Crippen LogP contribution in [0.15, 0.2) is 29.4 Å². The topological polar surface area (TPSA) is 41.5 Å². The first-order chi connectivity index (χ1) is 8.65. The number of hydrogen-bond donors (Lipinski definition) is 1. The third-order valence-corrected chi connectivity index (χ3v) is 3.17. The van der Waals surface area contributed by atoms with Crippen LogP contribution >= 0.6 is 0 Å². The van der Waals surface area contributed by atoms with E-state index in [0.29, 0.717) is 11.5 Å². The molecule has 0 spiro atoms. The average molecular weight is 248 g/mol. The monoisotopic (exact) mass is 248 g/mol. The smallest absolute Gasteiger partial charge is 0.267 e. The Morgan fingerprint density at radius 3 is 2.78 bits per heavy atom. The summed E-state index contributed by atoms with van der Waals surface area (Å²) in [6.45, 7) is 2.19. The van der Waals surface area contributed by atoms with Crippen LogP contribution in [0.2, 0.25) is 0 Å². The van der Waals surface area contributed by atoms with Gasteiger partial charge in [-0.25, -0.2) is 9.82 Å². The lowest BCUT2D eigenvalue weighted by atomic mass is 9.89. The number of halogens is 1. The maximum atomic E-state index is 12.7. The molecule has 96 valence electrons. The van der Waals surface area contributed by atoms with Crippen molar-refractivity contribution in [3.8, 4) is 0 Å². The molecule has 0 aliphatic heterocycles. The van der Waals surface area contributed by atoms with Crippen LogP contribution in [0.3, 0.4) is 0 Å². The minimum absolute atomic E-state index is 0.291. The van der Waals surface area contributed by atoms with Gasteiger partial charge >= 0.3 is 0 Å². The van der Waals surface area contributed by atoms with Gasteiger partial charge in [0.2, 0.25) is 0 Å². The highest BCUT2D eigenvalue weighted by molar-refractivity contribution is 5.95.